The Hall–Kier alpha value is -3.16. The molecule has 0 saturated carbocycles. The molecule has 2 aliphatic rings. The van der Waals surface area contributed by atoms with Gasteiger partial charge >= 0.3 is 0 Å². The summed E-state index contributed by atoms with van der Waals surface area (Å²) in [5.41, 5.74) is 3.00. The number of amidine groups is 1. The van der Waals surface area contributed by atoms with Crippen molar-refractivity contribution in [2.45, 2.75) is 11.3 Å². The Morgan fingerprint density at radius 2 is 1.62 bits per heavy atom. The summed E-state index contributed by atoms with van der Waals surface area (Å²) in [6.07, 6.45) is 0.800. The van der Waals surface area contributed by atoms with E-state index in [9.17, 15) is 9.90 Å². The van der Waals surface area contributed by atoms with E-state index in [1.165, 1.54) is 17.3 Å². The van der Waals surface area contributed by atoms with Crippen LogP contribution in [0.2, 0.25) is 0 Å². The molecule has 2 aliphatic heterocycles. The van der Waals surface area contributed by atoms with Gasteiger partial charge in [0.25, 0.3) is 5.91 Å². The fourth-order valence-electron chi connectivity index (χ4n) is 3.66. The van der Waals surface area contributed by atoms with Crippen molar-refractivity contribution in [3.8, 4) is 5.75 Å². The van der Waals surface area contributed by atoms with E-state index in [1.807, 2.05) is 37.4 Å². The number of amides is 1. The number of aliphatic imine (C=N–C) groups is 1. The summed E-state index contributed by atoms with van der Waals surface area (Å²) < 4.78 is 0. The molecule has 1 amide bonds. The van der Waals surface area contributed by atoms with Crippen molar-refractivity contribution in [3.05, 3.63) is 94.4 Å². The molecule has 3 aromatic rings. The number of hydrogen-bond acceptors (Lipinski definition) is 6. The van der Waals surface area contributed by atoms with Crippen molar-refractivity contribution in [3.63, 3.8) is 0 Å². The van der Waals surface area contributed by atoms with Gasteiger partial charge in [-0.15, -0.1) is 0 Å². The van der Waals surface area contributed by atoms with E-state index in [0.29, 0.717) is 22.3 Å². The predicted molar refractivity (Wildman–Crippen MR) is 133 cm³/mol. The molecule has 0 bridgehead atoms. The SMILES string of the molecule is CN1/C(=C2/SC(=NCCc3ccccc3)N(c3ccc(O)cc3)C2=O)Sc2ccccc21. The number of fused-ring (bicyclic) bond motifs is 1. The van der Waals surface area contributed by atoms with Crippen LogP contribution in [0.3, 0.4) is 0 Å². The Kier molecular flexibility index (Phi) is 5.68. The quantitative estimate of drug-likeness (QED) is 0.524. The number of phenolic OH excluding ortho intramolecular Hbond substituents is 1. The summed E-state index contributed by atoms with van der Waals surface area (Å²) >= 11 is 3.02. The van der Waals surface area contributed by atoms with Crippen LogP contribution >= 0.6 is 23.5 Å². The maximum Gasteiger partial charge on any atom is 0.274 e. The maximum absolute atomic E-state index is 13.6. The van der Waals surface area contributed by atoms with E-state index in [0.717, 1.165) is 22.0 Å². The summed E-state index contributed by atoms with van der Waals surface area (Å²) in [4.78, 5) is 23.9. The number of hydrogen-bond donors (Lipinski definition) is 1. The zero-order valence-corrected chi connectivity index (χ0v) is 19.1. The molecule has 1 fully saturated rings. The Labute approximate surface area is 195 Å². The van der Waals surface area contributed by atoms with Crippen LogP contribution in [-0.2, 0) is 11.2 Å². The van der Waals surface area contributed by atoms with Gasteiger partial charge in [-0.2, -0.15) is 0 Å². The highest BCUT2D eigenvalue weighted by atomic mass is 32.2. The first-order chi connectivity index (χ1) is 15.6. The van der Waals surface area contributed by atoms with Crippen LogP contribution in [0.4, 0.5) is 11.4 Å². The molecule has 0 aliphatic carbocycles. The monoisotopic (exact) mass is 459 g/mol. The van der Waals surface area contributed by atoms with Crippen LogP contribution < -0.4 is 9.80 Å². The van der Waals surface area contributed by atoms with Gasteiger partial charge in [-0.1, -0.05) is 54.2 Å². The fraction of sp³-hybridized carbons (Fsp3) is 0.120. The van der Waals surface area contributed by atoms with Crippen LogP contribution in [-0.4, -0.2) is 29.8 Å². The molecule has 32 heavy (non-hydrogen) atoms. The number of benzene rings is 3. The number of aromatic hydroxyl groups is 1. The van der Waals surface area contributed by atoms with E-state index in [2.05, 4.69) is 29.2 Å². The third kappa shape index (κ3) is 3.89. The largest absolute Gasteiger partial charge is 0.508 e. The lowest BCUT2D eigenvalue weighted by Crippen LogP contribution is -2.29. The average molecular weight is 460 g/mol. The number of nitrogens with zero attached hydrogens (tertiary/aromatic N) is 3. The molecule has 1 N–H and O–H groups in total. The van der Waals surface area contributed by atoms with Crippen molar-refractivity contribution in [2.75, 3.05) is 23.4 Å². The summed E-state index contributed by atoms with van der Waals surface area (Å²) in [5, 5.41) is 11.3. The van der Waals surface area contributed by atoms with Gasteiger partial charge in [-0.3, -0.25) is 14.7 Å². The van der Waals surface area contributed by atoms with Crippen LogP contribution in [0.25, 0.3) is 0 Å². The van der Waals surface area contributed by atoms with Gasteiger partial charge in [-0.05, 0) is 60.1 Å². The van der Waals surface area contributed by atoms with Crippen LogP contribution in [0.1, 0.15) is 5.56 Å². The van der Waals surface area contributed by atoms with Gasteiger partial charge in [0.15, 0.2) is 5.17 Å². The van der Waals surface area contributed by atoms with Gasteiger partial charge in [0.2, 0.25) is 0 Å². The summed E-state index contributed by atoms with van der Waals surface area (Å²) in [6, 6.07) is 25.0. The number of anilines is 2. The molecule has 5 nitrogen and oxygen atoms in total. The zero-order chi connectivity index (χ0) is 22.1. The molecule has 3 aromatic carbocycles. The van der Waals surface area contributed by atoms with Gasteiger partial charge in [0.05, 0.1) is 16.4 Å². The molecule has 160 valence electrons. The molecule has 0 aromatic heterocycles. The van der Waals surface area contributed by atoms with Crippen molar-refractivity contribution >= 4 is 46.0 Å². The Balaban J connectivity index is 1.49. The standard InChI is InChI=1S/C25H21N3O2S2/c1-27-20-9-5-6-10-21(20)31-24(27)22-23(30)28(18-11-13-19(29)14-12-18)25(32-22)26-16-15-17-7-3-2-4-8-17/h2-14,29H,15-16H2,1H3/b24-22-,26-25?. The second-order valence-corrected chi connectivity index (χ2v) is 9.43. The molecule has 0 atom stereocenters. The highest BCUT2D eigenvalue weighted by Gasteiger charge is 2.39. The minimum Gasteiger partial charge on any atom is -0.508 e. The van der Waals surface area contributed by atoms with Gasteiger partial charge < -0.3 is 10.0 Å². The van der Waals surface area contributed by atoms with Crippen LogP contribution in [0.15, 0.2) is 98.7 Å². The lowest BCUT2D eigenvalue weighted by atomic mass is 10.2. The number of phenols is 1. The fourth-order valence-corrected chi connectivity index (χ4v) is 6.01. The van der Waals surface area contributed by atoms with Crippen LogP contribution in [0, 0.1) is 0 Å². The van der Waals surface area contributed by atoms with Crippen LogP contribution in [0.5, 0.6) is 5.75 Å². The average Bonchev–Trinajstić information content (AvgIpc) is 3.32. The van der Waals surface area contributed by atoms with Crippen molar-refractivity contribution in [2.24, 2.45) is 4.99 Å². The van der Waals surface area contributed by atoms with Gasteiger partial charge in [-0.25, -0.2) is 0 Å². The molecular formula is C25H21N3O2S2. The maximum atomic E-state index is 13.6. The van der Waals surface area contributed by atoms with Crippen molar-refractivity contribution in [1.29, 1.82) is 0 Å². The topological polar surface area (TPSA) is 56.1 Å². The lowest BCUT2D eigenvalue weighted by Gasteiger charge is -2.17. The Morgan fingerprint density at radius 3 is 2.38 bits per heavy atom. The van der Waals surface area contributed by atoms with Crippen molar-refractivity contribution < 1.29 is 9.90 Å². The first-order valence-electron chi connectivity index (χ1n) is 10.3. The molecule has 0 spiro atoms. The van der Waals surface area contributed by atoms with E-state index in [4.69, 9.17) is 4.99 Å². The minimum atomic E-state index is -0.0960. The van der Waals surface area contributed by atoms with E-state index in [-0.39, 0.29) is 11.7 Å². The predicted octanol–water partition coefficient (Wildman–Crippen LogP) is 5.48. The third-order valence-corrected chi connectivity index (χ3v) is 7.74. The lowest BCUT2D eigenvalue weighted by molar-refractivity contribution is -0.113. The number of rotatable bonds is 4. The number of carbonyl (C=O) groups is 1. The molecular weight excluding hydrogens is 438 g/mol. The molecule has 0 radical (unpaired) electrons. The highest BCUT2D eigenvalue weighted by Crippen LogP contribution is 2.50. The summed E-state index contributed by atoms with van der Waals surface area (Å²) in [5.74, 6) is 0.0667. The second-order valence-electron chi connectivity index (χ2n) is 7.42. The van der Waals surface area contributed by atoms with E-state index in [1.54, 1.807) is 40.9 Å². The first kappa shape index (κ1) is 20.7. The van der Waals surface area contributed by atoms with E-state index < -0.39 is 0 Å². The molecule has 0 unspecified atom stereocenters. The summed E-state index contributed by atoms with van der Waals surface area (Å²) in [6.45, 7) is 0.583. The Bertz CT molecular complexity index is 1220. The zero-order valence-electron chi connectivity index (χ0n) is 17.4. The van der Waals surface area contributed by atoms with Crippen molar-refractivity contribution in [1.82, 2.24) is 0 Å². The second kappa shape index (κ2) is 8.76. The summed E-state index contributed by atoms with van der Waals surface area (Å²) in [7, 11) is 1.99. The first-order valence-corrected chi connectivity index (χ1v) is 11.9. The highest BCUT2D eigenvalue weighted by molar-refractivity contribution is 8.20. The van der Waals surface area contributed by atoms with Gasteiger partial charge in [0, 0.05) is 18.5 Å². The Morgan fingerprint density at radius 1 is 0.906 bits per heavy atom. The third-order valence-electron chi connectivity index (χ3n) is 5.31. The molecule has 5 rings (SSSR count). The molecule has 1 saturated heterocycles. The minimum absolute atomic E-state index is 0.0960. The number of carbonyl (C=O) groups excluding carboxylic acids is 1. The number of para-hydroxylation sites is 1. The normalized spacial score (nSPS) is 19.2. The molecule has 7 heteroatoms. The van der Waals surface area contributed by atoms with E-state index >= 15 is 0 Å². The van der Waals surface area contributed by atoms with Gasteiger partial charge in [0.1, 0.15) is 10.7 Å². The number of thioether (sulfide) groups is 2. The molecule has 2 heterocycles. The smallest absolute Gasteiger partial charge is 0.274 e.